The lowest BCUT2D eigenvalue weighted by Crippen LogP contribution is -2.58. The van der Waals surface area contributed by atoms with Crippen molar-refractivity contribution in [1.82, 2.24) is 4.90 Å². The molecule has 23 heavy (non-hydrogen) atoms. The summed E-state index contributed by atoms with van der Waals surface area (Å²) in [6.07, 6.45) is 1.46. The molecule has 0 saturated carbocycles. The summed E-state index contributed by atoms with van der Waals surface area (Å²) in [4.78, 5) is 27.9. The van der Waals surface area contributed by atoms with E-state index in [2.05, 4.69) is 17.0 Å². The Balaban J connectivity index is 1.57. The van der Waals surface area contributed by atoms with Crippen molar-refractivity contribution in [3.8, 4) is 0 Å². The summed E-state index contributed by atoms with van der Waals surface area (Å²) < 4.78 is 5.45. The van der Waals surface area contributed by atoms with E-state index in [9.17, 15) is 9.59 Å². The molecule has 0 spiro atoms. The molecular weight excluding hydrogens is 294 g/mol. The van der Waals surface area contributed by atoms with Crippen molar-refractivity contribution >= 4 is 17.5 Å². The van der Waals surface area contributed by atoms with E-state index in [1.807, 2.05) is 12.1 Å². The minimum Gasteiger partial charge on any atom is -0.370 e. The molecule has 0 unspecified atom stereocenters. The number of nitrogens with two attached hydrogens (primary N) is 1. The minimum absolute atomic E-state index is 0.0464. The average Bonchev–Trinajstić information content (AvgIpc) is 2.96. The van der Waals surface area contributed by atoms with Gasteiger partial charge in [0.25, 0.3) is 5.91 Å². The van der Waals surface area contributed by atoms with Crippen LogP contribution in [0.15, 0.2) is 24.3 Å². The summed E-state index contributed by atoms with van der Waals surface area (Å²) in [6, 6.07) is 8.31. The summed E-state index contributed by atoms with van der Waals surface area (Å²) in [7, 11) is 0. The molecule has 6 nitrogen and oxygen atoms in total. The Bertz CT molecular complexity index is 619. The Labute approximate surface area is 136 Å². The van der Waals surface area contributed by atoms with Gasteiger partial charge in [-0.3, -0.25) is 9.59 Å². The number of hydrogen-bond acceptors (Lipinski definition) is 4. The Morgan fingerprint density at radius 3 is 2.87 bits per heavy atom. The maximum atomic E-state index is 12.5. The van der Waals surface area contributed by atoms with Gasteiger partial charge in [0, 0.05) is 31.7 Å². The van der Waals surface area contributed by atoms with Crippen LogP contribution in [0.3, 0.4) is 0 Å². The van der Waals surface area contributed by atoms with Crippen molar-refractivity contribution in [3.63, 3.8) is 0 Å². The number of benzene rings is 1. The van der Waals surface area contributed by atoms with Crippen LogP contribution >= 0.6 is 0 Å². The molecule has 2 aliphatic rings. The van der Waals surface area contributed by atoms with E-state index >= 15 is 0 Å². The lowest BCUT2D eigenvalue weighted by atomic mass is 10.0. The summed E-state index contributed by atoms with van der Waals surface area (Å²) in [5.74, 6) is -0.478. The van der Waals surface area contributed by atoms with Crippen molar-refractivity contribution in [3.05, 3.63) is 29.8 Å². The molecule has 1 aromatic rings. The Morgan fingerprint density at radius 2 is 2.09 bits per heavy atom. The smallest absolute Gasteiger partial charge is 0.251 e. The van der Waals surface area contributed by atoms with Gasteiger partial charge in [0.15, 0.2) is 5.60 Å². The maximum absolute atomic E-state index is 12.5. The zero-order valence-electron chi connectivity index (χ0n) is 13.5. The number of primary amides is 1. The average molecular weight is 317 g/mol. The fraction of sp³-hybridized carbons (Fsp3) is 0.529. The molecule has 2 aliphatic heterocycles. The molecule has 1 aromatic carbocycles. The highest BCUT2D eigenvalue weighted by molar-refractivity contribution is 5.85. The van der Waals surface area contributed by atoms with Crippen LogP contribution in [-0.4, -0.2) is 55.1 Å². The second kappa shape index (κ2) is 6.20. The van der Waals surface area contributed by atoms with E-state index in [0.29, 0.717) is 26.1 Å². The molecular formula is C17H23N3O3. The van der Waals surface area contributed by atoms with Gasteiger partial charge in [0.1, 0.15) is 0 Å². The van der Waals surface area contributed by atoms with Gasteiger partial charge in [0.05, 0.1) is 13.2 Å². The molecule has 2 heterocycles. The van der Waals surface area contributed by atoms with Crippen LogP contribution in [0.2, 0.25) is 0 Å². The molecule has 6 heteroatoms. The largest absolute Gasteiger partial charge is 0.370 e. The second-order valence-corrected chi connectivity index (χ2v) is 6.37. The van der Waals surface area contributed by atoms with Crippen molar-refractivity contribution in [2.45, 2.75) is 25.4 Å². The van der Waals surface area contributed by atoms with Crippen LogP contribution in [0.1, 0.15) is 18.9 Å². The zero-order chi connectivity index (χ0) is 16.4. The summed E-state index contributed by atoms with van der Waals surface area (Å²) in [5, 5.41) is 0. The highest BCUT2D eigenvalue weighted by Gasteiger charge is 2.39. The number of fused-ring (bicyclic) bond motifs is 1. The van der Waals surface area contributed by atoms with Gasteiger partial charge in [-0.25, -0.2) is 0 Å². The van der Waals surface area contributed by atoms with E-state index in [4.69, 9.17) is 10.5 Å². The Morgan fingerprint density at radius 1 is 1.30 bits per heavy atom. The van der Waals surface area contributed by atoms with Crippen LogP contribution in [0.25, 0.3) is 0 Å². The van der Waals surface area contributed by atoms with E-state index < -0.39 is 11.5 Å². The SMILES string of the molecule is C[C@@]1(C(N)=O)CN(C(=O)CCN2CCc3ccccc32)CCO1. The number of morpholine rings is 1. The predicted octanol–water partition coefficient (Wildman–Crippen LogP) is 0.542. The van der Waals surface area contributed by atoms with E-state index in [-0.39, 0.29) is 12.5 Å². The minimum atomic E-state index is -1.08. The topological polar surface area (TPSA) is 75.9 Å². The molecule has 124 valence electrons. The lowest BCUT2D eigenvalue weighted by Gasteiger charge is -2.38. The van der Waals surface area contributed by atoms with Gasteiger partial charge >= 0.3 is 0 Å². The quantitative estimate of drug-likeness (QED) is 0.879. The van der Waals surface area contributed by atoms with Crippen LogP contribution in [-0.2, 0) is 20.7 Å². The Hall–Kier alpha value is -2.08. The molecule has 1 fully saturated rings. The molecule has 2 amide bonds. The van der Waals surface area contributed by atoms with E-state index in [1.165, 1.54) is 11.3 Å². The van der Waals surface area contributed by atoms with Gasteiger partial charge in [-0.15, -0.1) is 0 Å². The fourth-order valence-electron chi connectivity index (χ4n) is 3.26. The molecule has 1 atom stereocenters. The summed E-state index contributed by atoms with van der Waals surface area (Å²) in [5.41, 5.74) is 6.87. The van der Waals surface area contributed by atoms with Crippen molar-refractivity contribution < 1.29 is 14.3 Å². The number of anilines is 1. The third-order valence-corrected chi connectivity index (χ3v) is 4.73. The zero-order valence-corrected chi connectivity index (χ0v) is 13.5. The van der Waals surface area contributed by atoms with Crippen LogP contribution in [0.5, 0.6) is 0 Å². The molecule has 3 rings (SSSR count). The predicted molar refractivity (Wildman–Crippen MR) is 87.1 cm³/mol. The van der Waals surface area contributed by atoms with Crippen molar-refractivity contribution in [2.75, 3.05) is 37.7 Å². The first-order chi connectivity index (χ1) is 11.0. The maximum Gasteiger partial charge on any atom is 0.251 e. The first kappa shape index (κ1) is 15.8. The number of ether oxygens (including phenoxy) is 1. The van der Waals surface area contributed by atoms with E-state index in [0.717, 1.165) is 13.0 Å². The molecule has 0 radical (unpaired) electrons. The number of nitrogens with zero attached hydrogens (tertiary/aromatic N) is 2. The van der Waals surface area contributed by atoms with Crippen LogP contribution in [0, 0.1) is 0 Å². The summed E-state index contributed by atoms with van der Waals surface area (Å²) in [6.45, 7) is 4.38. The number of carbonyl (C=O) groups excluding carboxylic acids is 2. The first-order valence-corrected chi connectivity index (χ1v) is 8.04. The van der Waals surface area contributed by atoms with Crippen molar-refractivity contribution in [2.24, 2.45) is 5.73 Å². The number of amides is 2. The van der Waals surface area contributed by atoms with Crippen LogP contribution < -0.4 is 10.6 Å². The van der Waals surface area contributed by atoms with Crippen molar-refractivity contribution in [1.29, 1.82) is 0 Å². The third kappa shape index (κ3) is 3.17. The molecule has 1 saturated heterocycles. The fourth-order valence-corrected chi connectivity index (χ4v) is 3.26. The molecule has 0 bridgehead atoms. The number of carbonyl (C=O) groups is 2. The number of hydrogen-bond donors (Lipinski definition) is 1. The van der Waals surface area contributed by atoms with Gasteiger partial charge in [-0.05, 0) is 25.0 Å². The monoisotopic (exact) mass is 317 g/mol. The van der Waals surface area contributed by atoms with Crippen LogP contribution in [0.4, 0.5) is 5.69 Å². The lowest BCUT2D eigenvalue weighted by molar-refractivity contribution is -0.160. The first-order valence-electron chi connectivity index (χ1n) is 8.04. The molecule has 0 aromatic heterocycles. The van der Waals surface area contributed by atoms with Gasteiger partial charge in [-0.1, -0.05) is 18.2 Å². The highest BCUT2D eigenvalue weighted by atomic mass is 16.5. The normalized spacial score (nSPS) is 23.7. The second-order valence-electron chi connectivity index (χ2n) is 6.37. The van der Waals surface area contributed by atoms with Gasteiger partial charge in [-0.2, -0.15) is 0 Å². The molecule has 0 aliphatic carbocycles. The number of para-hydroxylation sites is 1. The summed E-state index contributed by atoms with van der Waals surface area (Å²) >= 11 is 0. The molecule has 2 N–H and O–H groups in total. The van der Waals surface area contributed by atoms with Gasteiger partial charge < -0.3 is 20.3 Å². The Kier molecular flexibility index (Phi) is 4.26. The standard InChI is InChI=1S/C17H23N3O3/c1-17(16(18)22)12-20(10-11-23-17)15(21)7-9-19-8-6-13-4-2-3-5-14(13)19/h2-5H,6-12H2,1H3,(H2,18,22)/t17-/m0/s1. The van der Waals surface area contributed by atoms with Gasteiger partial charge in [0.2, 0.25) is 5.91 Å². The number of rotatable bonds is 4. The highest BCUT2D eigenvalue weighted by Crippen LogP contribution is 2.27. The van der Waals surface area contributed by atoms with E-state index in [1.54, 1.807) is 11.8 Å². The third-order valence-electron chi connectivity index (χ3n) is 4.73.